The summed E-state index contributed by atoms with van der Waals surface area (Å²) in [6, 6.07) is 6.57. The van der Waals surface area contributed by atoms with E-state index in [0.29, 0.717) is 17.1 Å². The van der Waals surface area contributed by atoms with Crippen molar-refractivity contribution in [1.82, 2.24) is 4.98 Å². The first kappa shape index (κ1) is 13.6. The summed E-state index contributed by atoms with van der Waals surface area (Å²) in [7, 11) is 3.88. The number of benzene rings is 1. The van der Waals surface area contributed by atoms with Gasteiger partial charge in [-0.1, -0.05) is 17.7 Å². The fourth-order valence-corrected chi connectivity index (χ4v) is 2.03. The van der Waals surface area contributed by atoms with Gasteiger partial charge in [0.2, 0.25) is 0 Å². The minimum absolute atomic E-state index is 0.310. The number of pyridine rings is 1. The number of rotatable bonds is 4. The Hall–Kier alpha value is -1.81. The summed E-state index contributed by atoms with van der Waals surface area (Å²) in [5, 5.41) is 3.58. The molecule has 100 valence electrons. The number of nitrogens with zero attached hydrogens (tertiary/aromatic N) is 2. The van der Waals surface area contributed by atoms with Crippen LogP contribution in [0.15, 0.2) is 36.7 Å². The van der Waals surface area contributed by atoms with Gasteiger partial charge in [-0.2, -0.15) is 0 Å². The number of aromatic nitrogens is 1. The number of anilines is 2. The summed E-state index contributed by atoms with van der Waals surface area (Å²) in [6.45, 7) is 0.317. The molecule has 5 heteroatoms. The molecule has 1 heterocycles. The smallest absolute Gasteiger partial charge is 0.129 e. The number of nitrogens with one attached hydrogen (secondary N) is 1. The molecule has 3 nitrogen and oxygen atoms in total. The van der Waals surface area contributed by atoms with Gasteiger partial charge in [-0.15, -0.1) is 0 Å². The van der Waals surface area contributed by atoms with Gasteiger partial charge in [-0.3, -0.25) is 4.98 Å². The molecule has 1 N–H and O–H groups in total. The maximum absolute atomic E-state index is 13.7. The van der Waals surface area contributed by atoms with Gasteiger partial charge in [-0.25, -0.2) is 4.39 Å². The van der Waals surface area contributed by atoms with Gasteiger partial charge in [0, 0.05) is 37.4 Å². The van der Waals surface area contributed by atoms with Gasteiger partial charge in [0.25, 0.3) is 0 Å². The highest BCUT2D eigenvalue weighted by Crippen LogP contribution is 2.25. The quantitative estimate of drug-likeness (QED) is 0.928. The number of hydrogen-bond acceptors (Lipinski definition) is 3. The summed E-state index contributed by atoms with van der Waals surface area (Å²) >= 11 is 5.99. The Balaban J connectivity index is 2.19. The molecule has 0 amide bonds. The molecule has 2 rings (SSSR count). The first-order chi connectivity index (χ1) is 9.09. The third-order valence-electron chi connectivity index (χ3n) is 2.80. The minimum atomic E-state index is -0.310. The minimum Gasteiger partial charge on any atom is -0.378 e. The fourth-order valence-electron chi connectivity index (χ4n) is 1.80. The predicted molar refractivity (Wildman–Crippen MR) is 77.3 cm³/mol. The summed E-state index contributed by atoms with van der Waals surface area (Å²) in [5.41, 5.74) is 2.28. The second kappa shape index (κ2) is 5.89. The zero-order chi connectivity index (χ0) is 13.8. The standard InChI is InChI=1S/C14H15ClFN3/c1-19(2)14-6-7-17-9-13(14)18-8-10-11(15)4-3-5-12(10)16/h3-7,9,18H,8H2,1-2H3. The van der Waals surface area contributed by atoms with E-state index in [1.807, 2.05) is 25.1 Å². The first-order valence-corrected chi connectivity index (χ1v) is 6.25. The summed E-state index contributed by atoms with van der Waals surface area (Å²) < 4.78 is 13.7. The Morgan fingerprint density at radius 1 is 1.32 bits per heavy atom. The Bertz CT molecular complexity index is 552. The zero-order valence-electron chi connectivity index (χ0n) is 10.8. The van der Waals surface area contributed by atoms with Crippen LogP contribution in [0.3, 0.4) is 0 Å². The molecule has 0 aliphatic rings. The monoisotopic (exact) mass is 279 g/mol. The highest BCUT2D eigenvalue weighted by molar-refractivity contribution is 6.31. The van der Waals surface area contributed by atoms with Gasteiger partial charge < -0.3 is 10.2 Å². The molecule has 0 saturated carbocycles. The van der Waals surface area contributed by atoms with Crippen LogP contribution in [0.2, 0.25) is 5.02 Å². The Morgan fingerprint density at radius 3 is 2.79 bits per heavy atom. The van der Waals surface area contributed by atoms with E-state index in [9.17, 15) is 4.39 Å². The molecule has 19 heavy (non-hydrogen) atoms. The summed E-state index contributed by atoms with van der Waals surface area (Å²) in [6.07, 6.45) is 3.43. The lowest BCUT2D eigenvalue weighted by atomic mass is 10.2. The molecule has 0 atom stereocenters. The SMILES string of the molecule is CN(C)c1ccncc1NCc1c(F)cccc1Cl. The van der Waals surface area contributed by atoms with Gasteiger partial charge in [0.15, 0.2) is 0 Å². The zero-order valence-corrected chi connectivity index (χ0v) is 11.6. The summed E-state index contributed by atoms with van der Waals surface area (Å²) in [5.74, 6) is -0.310. The van der Waals surface area contributed by atoms with Crippen LogP contribution in [0, 0.1) is 5.82 Å². The topological polar surface area (TPSA) is 28.2 Å². The van der Waals surface area contributed by atoms with E-state index in [4.69, 9.17) is 11.6 Å². The van der Waals surface area contributed by atoms with Crippen molar-refractivity contribution in [2.24, 2.45) is 0 Å². The van der Waals surface area contributed by atoms with E-state index in [2.05, 4.69) is 10.3 Å². The molecule has 0 unspecified atom stereocenters. The molecule has 0 saturated heterocycles. The average Bonchev–Trinajstić information content (AvgIpc) is 2.38. The van der Waals surface area contributed by atoms with Crippen LogP contribution in [0.25, 0.3) is 0 Å². The molecular weight excluding hydrogens is 265 g/mol. The van der Waals surface area contributed by atoms with E-state index < -0.39 is 0 Å². The number of hydrogen-bond donors (Lipinski definition) is 1. The highest BCUT2D eigenvalue weighted by Gasteiger charge is 2.08. The normalized spacial score (nSPS) is 10.3. The Labute approximate surface area is 117 Å². The summed E-state index contributed by atoms with van der Waals surface area (Å²) in [4.78, 5) is 6.03. The van der Waals surface area contributed by atoms with Crippen LogP contribution in [0.1, 0.15) is 5.56 Å². The molecule has 2 aromatic rings. The number of halogens is 2. The third kappa shape index (κ3) is 3.15. The average molecular weight is 280 g/mol. The van der Waals surface area contributed by atoms with Gasteiger partial charge in [0.05, 0.1) is 17.6 Å². The maximum atomic E-state index is 13.7. The molecular formula is C14H15ClFN3. The molecule has 1 aromatic carbocycles. The van der Waals surface area contributed by atoms with Gasteiger partial charge >= 0.3 is 0 Å². The molecule has 0 spiro atoms. The van der Waals surface area contributed by atoms with E-state index in [1.165, 1.54) is 6.07 Å². The Morgan fingerprint density at radius 2 is 2.11 bits per heavy atom. The van der Waals surface area contributed by atoms with Crippen LogP contribution in [-0.4, -0.2) is 19.1 Å². The van der Waals surface area contributed by atoms with E-state index in [-0.39, 0.29) is 5.82 Å². The van der Waals surface area contributed by atoms with Crippen molar-refractivity contribution >= 4 is 23.0 Å². The fraction of sp³-hybridized carbons (Fsp3) is 0.214. The lowest BCUT2D eigenvalue weighted by molar-refractivity contribution is 0.613. The largest absolute Gasteiger partial charge is 0.378 e. The molecule has 0 fully saturated rings. The molecule has 0 aliphatic heterocycles. The van der Waals surface area contributed by atoms with Crippen LogP contribution < -0.4 is 10.2 Å². The van der Waals surface area contributed by atoms with Crippen LogP contribution in [-0.2, 0) is 6.54 Å². The second-order valence-electron chi connectivity index (χ2n) is 4.34. The van der Waals surface area contributed by atoms with Crippen LogP contribution in [0.5, 0.6) is 0 Å². The maximum Gasteiger partial charge on any atom is 0.129 e. The van der Waals surface area contributed by atoms with Crippen molar-refractivity contribution in [2.45, 2.75) is 6.54 Å². The van der Waals surface area contributed by atoms with Crippen molar-refractivity contribution in [1.29, 1.82) is 0 Å². The lowest BCUT2D eigenvalue weighted by Crippen LogP contribution is -2.12. The van der Waals surface area contributed by atoms with Crippen LogP contribution >= 0.6 is 11.6 Å². The van der Waals surface area contributed by atoms with Crippen molar-refractivity contribution in [2.75, 3.05) is 24.3 Å². The van der Waals surface area contributed by atoms with Crippen LogP contribution in [0.4, 0.5) is 15.8 Å². The molecule has 0 aliphatic carbocycles. The molecule has 0 radical (unpaired) electrons. The van der Waals surface area contributed by atoms with Gasteiger partial charge in [-0.05, 0) is 18.2 Å². The van der Waals surface area contributed by atoms with Crippen molar-refractivity contribution in [3.63, 3.8) is 0 Å². The first-order valence-electron chi connectivity index (χ1n) is 5.87. The van der Waals surface area contributed by atoms with Crippen molar-refractivity contribution in [3.05, 3.63) is 53.1 Å². The van der Waals surface area contributed by atoms with Crippen molar-refractivity contribution in [3.8, 4) is 0 Å². The van der Waals surface area contributed by atoms with E-state index in [0.717, 1.165) is 11.4 Å². The highest BCUT2D eigenvalue weighted by atomic mass is 35.5. The molecule has 1 aromatic heterocycles. The lowest BCUT2D eigenvalue weighted by Gasteiger charge is -2.18. The predicted octanol–water partition coefficient (Wildman–Crippen LogP) is 3.55. The van der Waals surface area contributed by atoms with E-state index in [1.54, 1.807) is 24.5 Å². The van der Waals surface area contributed by atoms with Crippen molar-refractivity contribution < 1.29 is 4.39 Å². The Kier molecular flexibility index (Phi) is 4.22. The third-order valence-corrected chi connectivity index (χ3v) is 3.15. The van der Waals surface area contributed by atoms with E-state index >= 15 is 0 Å². The second-order valence-corrected chi connectivity index (χ2v) is 4.75. The van der Waals surface area contributed by atoms with Gasteiger partial charge in [0.1, 0.15) is 5.82 Å². The molecule has 0 bridgehead atoms.